The van der Waals surface area contributed by atoms with Gasteiger partial charge >= 0.3 is 0 Å². The number of hydrogen-bond donors (Lipinski definition) is 4. The van der Waals surface area contributed by atoms with E-state index in [9.17, 15) is 13.6 Å². The van der Waals surface area contributed by atoms with Crippen molar-refractivity contribution in [3.8, 4) is 0 Å². The van der Waals surface area contributed by atoms with Crippen LogP contribution in [-0.2, 0) is 4.74 Å². The summed E-state index contributed by atoms with van der Waals surface area (Å²) in [6, 6.07) is 12.6. The number of piperazine rings is 1. The number of nitrogens with zero attached hydrogens (tertiary/aromatic N) is 4. The maximum absolute atomic E-state index is 13.7. The molecule has 4 N–H and O–H groups in total. The third-order valence-electron chi connectivity index (χ3n) is 7.47. The molecule has 0 bridgehead atoms. The van der Waals surface area contributed by atoms with E-state index in [0.717, 1.165) is 56.5 Å². The number of rotatable bonds is 7. The number of benzene rings is 2. The Kier molecular flexibility index (Phi) is 7.66. The molecule has 10 nitrogen and oxygen atoms in total. The number of anilines is 5. The van der Waals surface area contributed by atoms with Gasteiger partial charge in [-0.1, -0.05) is 0 Å². The Morgan fingerprint density at radius 3 is 2.51 bits per heavy atom. The number of fused-ring (bicyclic) bond motifs is 1. The van der Waals surface area contributed by atoms with E-state index in [2.05, 4.69) is 54.0 Å². The van der Waals surface area contributed by atoms with Gasteiger partial charge in [0, 0.05) is 68.6 Å². The molecule has 0 aliphatic carbocycles. The Bertz CT molecular complexity index is 1530. The number of H-pyrrole nitrogens is 1. The Morgan fingerprint density at radius 2 is 1.76 bits per heavy atom. The maximum Gasteiger partial charge on any atom is 0.259 e. The average Bonchev–Trinajstić information content (AvgIpc) is 3.35. The number of ether oxygens (including phenoxy) is 1. The SMILES string of the molecule is CN1CCN(c2ccc(C(=O)Nc3n[nH]c4ccc(Nc5cc(F)cc(F)c5)nc34)c(NC3CCOCC3)c2)CC1. The zero-order valence-electron chi connectivity index (χ0n) is 22.7. The number of carbonyl (C=O) groups excluding carboxylic acids is 1. The summed E-state index contributed by atoms with van der Waals surface area (Å²) >= 11 is 0. The lowest BCUT2D eigenvalue weighted by atomic mass is 10.1. The van der Waals surface area contributed by atoms with Crippen LogP contribution in [0.4, 0.5) is 37.5 Å². The van der Waals surface area contributed by atoms with E-state index in [0.29, 0.717) is 35.6 Å². The number of hydrogen-bond acceptors (Lipinski definition) is 8. The van der Waals surface area contributed by atoms with Gasteiger partial charge in [0.15, 0.2) is 5.82 Å². The normalized spacial score (nSPS) is 16.6. The standard InChI is InChI=1S/C29H32F2N8O2/c1-38-8-10-39(11-9-38)22-2-3-23(25(17-22)32-20-6-12-41-13-7-20)29(40)35-28-27-24(36-37-28)4-5-26(34-27)33-21-15-18(30)14-19(31)16-21/h2-5,14-17,20,32H,6-13H2,1H3,(H,33,34)(H2,35,36,37,40). The molecule has 0 spiro atoms. The Balaban J connectivity index is 1.25. The lowest BCUT2D eigenvalue weighted by Crippen LogP contribution is -2.44. The Hall–Kier alpha value is -4.29. The molecule has 2 aromatic carbocycles. The summed E-state index contributed by atoms with van der Waals surface area (Å²) in [5.74, 6) is -1.13. The number of aromatic nitrogens is 3. The second-order valence-corrected chi connectivity index (χ2v) is 10.5. The molecule has 12 heteroatoms. The third-order valence-corrected chi connectivity index (χ3v) is 7.47. The minimum absolute atomic E-state index is 0.201. The van der Waals surface area contributed by atoms with Gasteiger partial charge in [0.1, 0.15) is 23.0 Å². The molecule has 2 aliphatic heterocycles. The second kappa shape index (κ2) is 11.7. The van der Waals surface area contributed by atoms with E-state index in [4.69, 9.17) is 4.74 Å². The minimum Gasteiger partial charge on any atom is -0.381 e. The van der Waals surface area contributed by atoms with Gasteiger partial charge in [-0.3, -0.25) is 9.89 Å². The number of amides is 1. The Morgan fingerprint density at radius 1 is 1.00 bits per heavy atom. The highest BCUT2D eigenvalue weighted by Gasteiger charge is 2.22. The van der Waals surface area contributed by atoms with E-state index in [1.165, 1.54) is 12.1 Å². The molecule has 0 unspecified atom stereocenters. The molecule has 2 saturated heterocycles. The van der Waals surface area contributed by atoms with E-state index in [-0.39, 0.29) is 23.5 Å². The first-order valence-electron chi connectivity index (χ1n) is 13.7. The van der Waals surface area contributed by atoms with E-state index < -0.39 is 11.6 Å². The quantitative estimate of drug-likeness (QED) is 0.259. The molecule has 0 radical (unpaired) electrons. The summed E-state index contributed by atoms with van der Waals surface area (Å²) in [7, 11) is 2.12. The predicted octanol–water partition coefficient (Wildman–Crippen LogP) is 4.57. The number of carbonyl (C=O) groups is 1. The number of pyridine rings is 1. The van der Waals surface area contributed by atoms with Crippen LogP contribution in [-0.4, -0.2) is 78.5 Å². The number of likely N-dealkylation sites (N-methyl/N-ethyl adjacent to an activating group) is 1. The Labute approximate surface area is 236 Å². The van der Waals surface area contributed by atoms with Crippen molar-refractivity contribution < 1.29 is 18.3 Å². The van der Waals surface area contributed by atoms with Crippen LogP contribution in [0.2, 0.25) is 0 Å². The van der Waals surface area contributed by atoms with Crippen molar-refractivity contribution in [3.05, 3.63) is 65.7 Å². The van der Waals surface area contributed by atoms with Gasteiger partial charge in [-0.2, -0.15) is 5.10 Å². The van der Waals surface area contributed by atoms with Crippen LogP contribution in [0.25, 0.3) is 11.0 Å². The predicted molar refractivity (Wildman–Crippen MR) is 155 cm³/mol. The van der Waals surface area contributed by atoms with Gasteiger partial charge in [0.2, 0.25) is 0 Å². The van der Waals surface area contributed by atoms with Crippen molar-refractivity contribution in [2.75, 3.05) is 67.3 Å². The summed E-state index contributed by atoms with van der Waals surface area (Å²) in [5.41, 5.74) is 3.55. The van der Waals surface area contributed by atoms with Crippen LogP contribution in [0.5, 0.6) is 0 Å². The van der Waals surface area contributed by atoms with Gasteiger partial charge < -0.3 is 30.5 Å². The van der Waals surface area contributed by atoms with E-state index >= 15 is 0 Å². The maximum atomic E-state index is 13.7. The van der Waals surface area contributed by atoms with E-state index in [1.807, 2.05) is 12.1 Å². The highest BCUT2D eigenvalue weighted by molar-refractivity contribution is 6.10. The molecule has 2 aliphatic rings. The fourth-order valence-electron chi connectivity index (χ4n) is 5.18. The van der Waals surface area contributed by atoms with Crippen molar-refractivity contribution in [3.63, 3.8) is 0 Å². The van der Waals surface area contributed by atoms with Crippen LogP contribution < -0.4 is 20.9 Å². The first-order valence-corrected chi connectivity index (χ1v) is 13.7. The molecule has 0 saturated carbocycles. The fraction of sp³-hybridized carbons (Fsp3) is 0.345. The van der Waals surface area contributed by atoms with Crippen molar-refractivity contribution in [1.82, 2.24) is 20.1 Å². The summed E-state index contributed by atoms with van der Waals surface area (Å²) in [6.45, 7) is 5.16. The zero-order chi connectivity index (χ0) is 28.3. The topological polar surface area (TPSA) is 110 Å². The monoisotopic (exact) mass is 562 g/mol. The third kappa shape index (κ3) is 6.23. The molecule has 41 heavy (non-hydrogen) atoms. The summed E-state index contributed by atoms with van der Waals surface area (Å²) in [6.07, 6.45) is 1.72. The second-order valence-electron chi connectivity index (χ2n) is 10.5. The first kappa shape index (κ1) is 26.9. The van der Waals surface area contributed by atoms with Gasteiger partial charge in [-0.05, 0) is 62.4 Å². The van der Waals surface area contributed by atoms with Crippen molar-refractivity contribution in [2.45, 2.75) is 18.9 Å². The van der Waals surface area contributed by atoms with E-state index in [1.54, 1.807) is 12.1 Å². The lowest BCUT2D eigenvalue weighted by molar-refractivity contribution is 0.0904. The molecule has 4 aromatic rings. The first-order chi connectivity index (χ1) is 19.9. The van der Waals surface area contributed by atoms with Crippen molar-refractivity contribution in [2.24, 2.45) is 0 Å². The molecular formula is C29H32F2N8O2. The van der Waals surface area contributed by atoms with Gasteiger partial charge in [-0.25, -0.2) is 13.8 Å². The average molecular weight is 563 g/mol. The minimum atomic E-state index is -0.700. The van der Waals surface area contributed by atoms with Gasteiger partial charge in [-0.15, -0.1) is 0 Å². The van der Waals surface area contributed by atoms with Gasteiger partial charge in [0.05, 0.1) is 11.1 Å². The summed E-state index contributed by atoms with van der Waals surface area (Å²) in [4.78, 5) is 22.8. The van der Waals surface area contributed by atoms with Crippen LogP contribution in [0, 0.1) is 11.6 Å². The molecule has 4 heterocycles. The molecule has 2 aromatic heterocycles. The van der Waals surface area contributed by atoms with Crippen LogP contribution in [0.3, 0.4) is 0 Å². The number of aromatic amines is 1. The highest BCUT2D eigenvalue weighted by Crippen LogP contribution is 2.29. The summed E-state index contributed by atoms with van der Waals surface area (Å²) in [5, 5.41) is 16.5. The largest absolute Gasteiger partial charge is 0.381 e. The highest BCUT2D eigenvalue weighted by atomic mass is 19.1. The van der Waals surface area contributed by atoms with Crippen LogP contribution in [0.15, 0.2) is 48.5 Å². The number of halogens is 2. The summed E-state index contributed by atoms with van der Waals surface area (Å²) < 4.78 is 32.8. The van der Waals surface area contributed by atoms with Crippen molar-refractivity contribution >= 4 is 45.6 Å². The molecule has 6 rings (SSSR count). The number of nitrogens with one attached hydrogen (secondary N) is 4. The van der Waals surface area contributed by atoms with Crippen LogP contribution in [0.1, 0.15) is 23.2 Å². The fourth-order valence-corrected chi connectivity index (χ4v) is 5.18. The van der Waals surface area contributed by atoms with Crippen molar-refractivity contribution in [1.29, 1.82) is 0 Å². The molecule has 1 amide bonds. The molecule has 0 atom stereocenters. The molecule has 2 fully saturated rings. The zero-order valence-corrected chi connectivity index (χ0v) is 22.7. The van der Waals surface area contributed by atoms with Gasteiger partial charge in [0.25, 0.3) is 5.91 Å². The molecule has 214 valence electrons. The lowest BCUT2D eigenvalue weighted by Gasteiger charge is -2.34. The van der Waals surface area contributed by atoms with Crippen LogP contribution >= 0.6 is 0 Å². The smallest absolute Gasteiger partial charge is 0.259 e. The molecular weight excluding hydrogens is 530 g/mol.